The maximum atomic E-state index is 12.3. The highest BCUT2D eigenvalue weighted by atomic mass is 35.5. The number of nitrogens with zero attached hydrogens (tertiary/aromatic N) is 1. The Morgan fingerprint density at radius 1 is 1.17 bits per heavy atom. The molecule has 0 spiro atoms. The fourth-order valence-corrected chi connectivity index (χ4v) is 2.88. The Hall–Kier alpha value is -2.15. The van der Waals surface area contributed by atoms with Gasteiger partial charge in [0.2, 0.25) is 0 Å². The van der Waals surface area contributed by atoms with E-state index in [0.29, 0.717) is 61.4 Å². The number of fused-ring (bicyclic) bond motifs is 1. The Bertz CT molecular complexity index is 629. The topological polar surface area (TPSA) is 88.1 Å². The molecule has 0 radical (unpaired) electrons. The van der Waals surface area contributed by atoms with E-state index in [1.165, 1.54) is 0 Å². The molecule has 0 atom stereocenters. The SMILES string of the molecule is O=C(O)C1CCN(C(=O)Nc2cc3c(cc2Cl)OCCO3)CC1. The highest BCUT2D eigenvalue weighted by molar-refractivity contribution is 6.34. The standard InChI is InChI=1S/C15H17ClN2O5/c16-10-7-12-13(23-6-5-22-12)8-11(10)17-15(21)18-3-1-9(2-4-18)14(19)20/h7-9H,1-6H2,(H,17,21)(H,19,20). The zero-order valence-electron chi connectivity index (χ0n) is 12.4. The minimum Gasteiger partial charge on any atom is -0.486 e. The van der Waals surface area contributed by atoms with Crippen molar-refractivity contribution in [2.45, 2.75) is 12.8 Å². The summed E-state index contributed by atoms with van der Waals surface area (Å²) in [5.41, 5.74) is 0.446. The number of halogens is 1. The van der Waals surface area contributed by atoms with Crippen LogP contribution in [-0.4, -0.2) is 48.3 Å². The summed E-state index contributed by atoms with van der Waals surface area (Å²) in [7, 11) is 0. The van der Waals surface area contributed by atoms with Crippen LogP contribution >= 0.6 is 11.6 Å². The Kier molecular flexibility index (Phi) is 4.47. The largest absolute Gasteiger partial charge is 0.486 e. The summed E-state index contributed by atoms with van der Waals surface area (Å²) >= 11 is 6.16. The van der Waals surface area contributed by atoms with Crippen LogP contribution in [0.1, 0.15) is 12.8 Å². The van der Waals surface area contributed by atoms with Crippen molar-refractivity contribution in [3.63, 3.8) is 0 Å². The van der Waals surface area contributed by atoms with Gasteiger partial charge in [0.15, 0.2) is 11.5 Å². The van der Waals surface area contributed by atoms with Gasteiger partial charge in [0.25, 0.3) is 0 Å². The van der Waals surface area contributed by atoms with E-state index >= 15 is 0 Å². The summed E-state index contributed by atoms with van der Waals surface area (Å²) < 4.78 is 10.9. The highest BCUT2D eigenvalue weighted by Crippen LogP contribution is 2.38. The lowest BCUT2D eigenvalue weighted by molar-refractivity contribution is -0.143. The lowest BCUT2D eigenvalue weighted by Gasteiger charge is -2.30. The Labute approximate surface area is 138 Å². The van der Waals surface area contributed by atoms with Gasteiger partial charge in [-0.05, 0) is 12.8 Å². The minimum atomic E-state index is -0.806. The number of carbonyl (C=O) groups is 2. The van der Waals surface area contributed by atoms with Crippen LogP contribution in [0, 0.1) is 5.92 Å². The fraction of sp³-hybridized carbons (Fsp3) is 0.467. The summed E-state index contributed by atoms with van der Waals surface area (Å²) in [4.78, 5) is 24.8. The Morgan fingerprint density at radius 2 is 1.78 bits per heavy atom. The number of urea groups is 1. The summed E-state index contributed by atoms with van der Waals surface area (Å²) in [6.07, 6.45) is 0.912. The zero-order valence-corrected chi connectivity index (χ0v) is 13.1. The molecule has 0 saturated carbocycles. The highest BCUT2D eigenvalue weighted by Gasteiger charge is 2.27. The van der Waals surface area contributed by atoms with Crippen LogP contribution in [0.15, 0.2) is 12.1 Å². The summed E-state index contributed by atoms with van der Waals surface area (Å²) in [5.74, 6) is -0.0843. The third-order valence-electron chi connectivity index (χ3n) is 4.00. The second-order valence-electron chi connectivity index (χ2n) is 5.51. The van der Waals surface area contributed by atoms with E-state index in [0.717, 1.165) is 0 Å². The van der Waals surface area contributed by atoms with Crippen molar-refractivity contribution in [1.29, 1.82) is 0 Å². The van der Waals surface area contributed by atoms with E-state index in [1.54, 1.807) is 17.0 Å². The number of rotatable bonds is 2. The van der Waals surface area contributed by atoms with Crippen LogP contribution in [0.2, 0.25) is 5.02 Å². The van der Waals surface area contributed by atoms with E-state index < -0.39 is 5.97 Å². The molecule has 2 aliphatic heterocycles. The molecule has 7 nitrogen and oxygen atoms in total. The van der Waals surface area contributed by atoms with Crippen LogP contribution < -0.4 is 14.8 Å². The molecule has 8 heteroatoms. The van der Waals surface area contributed by atoms with Crippen LogP contribution in [-0.2, 0) is 4.79 Å². The number of anilines is 1. The number of hydrogen-bond donors (Lipinski definition) is 2. The monoisotopic (exact) mass is 340 g/mol. The van der Waals surface area contributed by atoms with Crippen LogP contribution in [0.3, 0.4) is 0 Å². The Morgan fingerprint density at radius 3 is 2.39 bits per heavy atom. The number of amides is 2. The molecule has 23 heavy (non-hydrogen) atoms. The molecule has 0 bridgehead atoms. The van der Waals surface area contributed by atoms with E-state index in [9.17, 15) is 9.59 Å². The van der Waals surface area contributed by atoms with Gasteiger partial charge in [-0.15, -0.1) is 0 Å². The van der Waals surface area contributed by atoms with Gasteiger partial charge in [-0.25, -0.2) is 4.79 Å². The van der Waals surface area contributed by atoms with Gasteiger partial charge < -0.3 is 24.8 Å². The minimum absolute atomic E-state index is 0.299. The molecule has 1 fully saturated rings. The fourth-order valence-electron chi connectivity index (χ4n) is 2.68. The molecule has 2 N–H and O–H groups in total. The zero-order chi connectivity index (χ0) is 16.4. The number of carbonyl (C=O) groups excluding carboxylic acids is 1. The van der Waals surface area contributed by atoms with Gasteiger partial charge in [-0.2, -0.15) is 0 Å². The summed E-state index contributed by atoms with van der Waals surface area (Å²) in [5, 5.41) is 12.1. The number of ether oxygens (including phenoxy) is 2. The first-order valence-corrected chi connectivity index (χ1v) is 7.80. The number of benzene rings is 1. The van der Waals surface area contributed by atoms with Gasteiger partial charge in [0, 0.05) is 25.2 Å². The lowest BCUT2D eigenvalue weighted by Crippen LogP contribution is -2.42. The molecule has 1 saturated heterocycles. The quantitative estimate of drug-likeness (QED) is 0.863. The Balaban J connectivity index is 1.65. The smallest absolute Gasteiger partial charge is 0.321 e. The predicted molar refractivity (Wildman–Crippen MR) is 83.4 cm³/mol. The van der Waals surface area contributed by atoms with Gasteiger partial charge in [-0.3, -0.25) is 4.79 Å². The summed E-state index contributed by atoms with van der Waals surface area (Å²) in [6.45, 7) is 1.73. The number of aliphatic carboxylic acids is 1. The number of carboxylic acid groups (broad SMARTS) is 1. The van der Waals surface area contributed by atoms with E-state index in [-0.39, 0.29) is 11.9 Å². The normalized spacial score (nSPS) is 17.7. The molecule has 2 aliphatic rings. The van der Waals surface area contributed by atoms with Gasteiger partial charge >= 0.3 is 12.0 Å². The van der Waals surface area contributed by atoms with Gasteiger partial charge in [-0.1, -0.05) is 11.6 Å². The van der Waals surface area contributed by atoms with Crippen LogP contribution in [0.25, 0.3) is 0 Å². The van der Waals surface area contributed by atoms with Crippen molar-refractivity contribution in [1.82, 2.24) is 4.90 Å². The van der Waals surface area contributed by atoms with Crippen molar-refractivity contribution in [2.75, 3.05) is 31.6 Å². The number of piperidine rings is 1. The van der Waals surface area contributed by atoms with Crippen molar-refractivity contribution < 1.29 is 24.2 Å². The third kappa shape index (κ3) is 3.44. The molecule has 0 aromatic heterocycles. The van der Waals surface area contributed by atoms with Gasteiger partial charge in [0.1, 0.15) is 13.2 Å². The lowest BCUT2D eigenvalue weighted by atomic mass is 9.97. The summed E-state index contributed by atoms with van der Waals surface area (Å²) in [6, 6.07) is 2.95. The molecule has 1 aromatic carbocycles. The molecular weight excluding hydrogens is 324 g/mol. The number of likely N-dealkylation sites (tertiary alicyclic amines) is 1. The first kappa shape index (κ1) is 15.7. The first-order chi connectivity index (χ1) is 11.0. The molecule has 0 aliphatic carbocycles. The molecule has 3 rings (SSSR count). The molecule has 0 unspecified atom stereocenters. The second kappa shape index (κ2) is 6.54. The second-order valence-corrected chi connectivity index (χ2v) is 5.91. The van der Waals surface area contributed by atoms with Crippen molar-refractivity contribution >= 4 is 29.3 Å². The van der Waals surface area contributed by atoms with Crippen molar-refractivity contribution in [3.05, 3.63) is 17.2 Å². The maximum Gasteiger partial charge on any atom is 0.321 e. The average Bonchev–Trinajstić information content (AvgIpc) is 2.55. The molecule has 2 amide bonds. The molecule has 124 valence electrons. The molecular formula is C15H17ClN2O5. The molecule has 1 aromatic rings. The average molecular weight is 341 g/mol. The molecule has 2 heterocycles. The predicted octanol–water partition coefficient (Wildman–Crippen LogP) is 2.44. The number of carboxylic acids is 1. The van der Waals surface area contributed by atoms with Crippen molar-refractivity contribution in [2.24, 2.45) is 5.92 Å². The number of hydrogen-bond acceptors (Lipinski definition) is 4. The number of nitrogens with one attached hydrogen (secondary N) is 1. The van der Waals surface area contributed by atoms with Crippen LogP contribution in [0.5, 0.6) is 11.5 Å². The van der Waals surface area contributed by atoms with E-state index in [1.807, 2.05) is 0 Å². The third-order valence-corrected chi connectivity index (χ3v) is 4.32. The maximum absolute atomic E-state index is 12.3. The van der Waals surface area contributed by atoms with Crippen LogP contribution in [0.4, 0.5) is 10.5 Å². The van der Waals surface area contributed by atoms with E-state index in [4.69, 9.17) is 26.2 Å². The van der Waals surface area contributed by atoms with Crippen molar-refractivity contribution in [3.8, 4) is 11.5 Å². The van der Waals surface area contributed by atoms with E-state index in [2.05, 4.69) is 5.32 Å². The van der Waals surface area contributed by atoms with Gasteiger partial charge in [0.05, 0.1) is 16.6 Å². The first-order valence-electron chi connectivity index (χ1n) is 7.42.